The molecule has 0 saturated heterocycles. The molecule has 0 unspecified atom stereocenters. The molecule has 0 heterocycles. The highest BCUT2D eigenvalue weighted by molar-refractivity contribution is 7.89. The number of nitrogens with zero attached hydrogens (tertiary/aromatic N) is 2. The molecule has 0 saturated carbocycles. The number of amides is 2. The molecule has 9 heteroatoms. The predicted octanol–water partition coefficient (Wildman–Crippen LogP) is 4.31. The van der Waals surface area contributed by atoms with Crippen molar-refractivity contribution in [2.24, 2.45) is 0 Å². The van der Waals surface area contributed by atoms with Gasteiger partial charge in [-0.05, 0) is 48.7 Å². The number of halogens is 1. The minimum absolute atomic E-state index is 0.0101. The molecule has 0 radical (unpaired) electrons. The Morgan fingerprint density at radius 1 is 0.923 bits per heavy atom. The second-order valence-electron chi connectivity index (χ2n) is 9.57. The van der Waals surface area contributed by atoms with E-state index < -0.39 is 34.3 Å². The molecule has 1 N–H and O–H groups in total. The number of benzene rings is 3. The summed E-state index contributed by atoms with van der Waals surface area (Å²) in [6, 6.07) is 20.5. The smallest absolute Gasteiger partial charge is 0.243 e. The van der Waals surface area contributed by atoms with E-state index in [9.17, 15) is 22.4 Å². The average molecular weight is 554 g/mol. The molecule has 0 aliphatic carbocycles. The number of carbonyl (C=O) groups is 2. The van der Waals surface area contributed by atoms with Crippen LogP contribution >= 0.6 is 0 Å². The third-order valence-corrected chi connectivity index (χ3v) is 8.27. The molecular formula is C30H36FN3O4S. The highest BCUT2D eigenvalue weighted by Gasteiger charge is 2.33. The molecule has 7 nitrogen and oxygen atoms in total. The molecule has 3 aromatic carbocycles. The molecule has 39 heavy (non-hydrogen) atoms. The first-order chi connectivity index (χ1) is 18.6. The number of unbranched alkanes of at least 4 members (excludes halogenated alkanes) is 1. The lowest BCUT2D eigenvalue weighted by Crippen LogP contribution is -2.53. The molecule has 0 aliphatic rings. The number of aryl methyl sites for hydroxylation is 1. The molecular weight excluding hydrogens is 517 g/mol. The molecule has 3 rings (SSSR count). The van der Waals surface area contributed by atoms with E-state index in [0.29, 0.717) is 12.1 Å². The summed E-state index contributed by atoms with van der Waals surface area (Å²) < 4.78 is 41.0. The molecule has 208 valence electrons. The standard InChI is InChI=1S/C30H36FN3O4S/c1-4-5-19-32-30(36)28(20-24-9-7-6-8-10-24)34(21-25-13-15-26(31)16-14-25)29(35)22-33(3)39(37,38)27-17-11-23(2)12-18-27/h6-18,28H,4-5,19-22H2,1-3H3,(H,32,36)/t28-/m0/s1. The van der Waals surface area contributed by atoms with Crippen LogP contribution in [0.2, 0.25) is 0 Å². The highest BCUT2D eigenvalue weighted by Crippen LogP contribution is 2.19. The summed E-state index contributed by atoms with van der Waals surface area (Å²) in [4.78, 5) is 28.7. The van der Waals surface area contributed by atoms with Crippen molar-refractivity contribution in [3.05, 3.63) is 101 Å². The lowest BCUT2D eigenvalue weighted by molar-refractivity contribution is -0.141. The van der Waals surface area contributed by atoms with E-state index in [4.69, 9.17) is 0 Å². The van der Waals surface area contributed by atoms with Gasteiger partial charge in [-0.3, -0.25) is 9.59 Å². The number of sulfonamides is 1. The van der Waals surface area contributed by atoms with E-state index in [0.717, 1.165) is 28.3 Å². The van der Waals surface area contributed by atoms with Gasteiger partial charge >= 0.3 is 0 Å². The Hall–Kier alpha value is -3.56. The molecule has 2 amide bonds. The first kappa shape index (κ1) is 30.0. The van der Waals surface area contributed by atoms with Crippen LogP contribution in [0, 0.1) is 12.7 Å². The SMILES string of the molecule is CCCCNC(=O)[C@H](Cc1ccccc1)N(Cc1ccc(F)cc1)C(=O)CN(C)S(=O)(=O)c1ccc(C)cc1. The molecule has 0 aliphatic heterocycles. The van der Waals surface area contributed by atoms with Crippen molar-refractivity contribution in [1.29, 1.82) is 0 Å². The number of hydrogen-bond acceptors (Lipinski definition) is 4. The molecule has 0 aromatic heterocycles. The zero-order valence-electron chi connectivity index (χ0n) is 22.6. The van der Waals surface area contributed by atoms with Crippen molar-refractivity contribution in [3.63, 3.8) is 0 Å². The maximum atomic E-state index is 13.8. The van der Waals surface area contributed by atoms with Gasteiger partial charge in [-0.25, -0.2) is 12.8 Å². The van der Waals surface area contributed by atoms with Crippen molar-refractivity contribution >= 4 is 21.8 Å². The molecule has 1 atom stereocenters. The van der Waals surface area contributed by atoms with Crippen LogP contribution < -0.4 is 5.32 Å². The van der Waals surface area contributed by atoms with Crippen LogP contribution in [0.3, 0.4) is 0 Å². The first-order valence-electron chi connectivity index (χ1n) is 13.0. The lowest BCUT2D eigenvalue weighted by atomic mass is 10.0. The van der Waals surface area contributed by atoms with Gasteiger partial charge in [0, 0.05) is 26.6 Å². The topological polar surface area (TPSA) is 86.8 Å². The van der Waals surface area contributed by atoms with Crippen LogP contribution in [0.1, 0.15) is 36.5 Å². The fourth-order valence-corrected chi connectivity index (χ4v) is 5.22. The largest absolute Gasteiger partial charge is 0.354 e. The average Bonchev–Trinajstić information content (AvgIpc) is 2.92. The monoisotopic (exact) mass is 553 g/mol. The Labute approximate surface area is 230 Å². The van der Waals surface area contributed by atoms with E-state index in [1.807, 2.05) is 44.2 Å². The zero-order chi connectivity index (χ0) is 28.4. The van der Waals surface area contributed by atoms with Gasteiger partial charge in [0.2, 0.25) is 21.8 Å². The van der Waals surface area contributed by atoms with Crippen molar-refractivity contribution in [2.75, 3.05) is 20.1 Å². The van der Waals surface area contributed by atoms with E-state index >= 15 is 0 Å². The fraction of sp³-hybridized carbons (Fsp3) is 0.333. The normalized spacial score (nSPS) is 12.2. The zero-order valence-corrected chi connectivity index (χ0v) is 23.5. The molecule has 0 bridgehead atoms. The van der Waals surface area contributed by atoms with Gasteiger partial charge in [0.25, 0.3) is 0 Å². The van der Waals surface area contributed by atoms with Gasteiger partial charge in [-0.2, -0.15) is 4.31 Å². The summed E-state index contributed by atoms with van der Waals surface area (Å²) in [6.07, 6.45) is 1.91. The van der Waals surface area contributed by atoms with Gasteiger partial charge < -0.3 is 10.2 Å². The Balaban J connectivity index is 1.94. The molecule has 3 aromatic rings. The Kier molecular flexibility index (Phi) is 10.8. The minimum Gasteiger partial charge on any atom is -0.354 e. The number of carbonyl (C=O) groups excluding carboxylic acids is 2. The Morgan fingerprint density at radius 3 is 2.18 bits per heavy atom. The fourth-order valence-electron chi connectivity index (χ4n) is 4.10. The summed E-state index contributed by atoms with van der Waals surface area (Å²) >= 11 is 0. The van der Waals surface area contributed by atoms with Gasteiger partial charge in [0.15, 0.2) is 0 Å². The van der Waals surface area contributed by atoms with Gasteiger partial charge in [0.05, 0.1) is 11.4 Å². The molecule has 0 fully saturated rings. The number of likely N-dealkylation sites (N-methyl/N-ethyl adjacent to an activating group) is 1. The second kappa shape index (κ2) is 14.0. The van der Waals surface area contributed by atoms with E-state index in [2.05, 4.69) is 5.32 Å². The maximum absolute atomic E-state index is 13.8. The number of hydrogen-bond donors (Lipinski definition) is 1. The van der Waals surface area contributed by atoms with Crippen LogP contribution in [-0.4, -0.2) is 55.6 Å². The maximum Gasteiger partial charge on any atom is 0.243 e. The van der Waals surface area contributed by atoms with Crippen LogP contribution in [0.15, 0.2) is 83.8 Å². The molecule has 0 spiro atoms. The van der Waals surface area contributed by atoms with Gasteiger partial charge in [-0.15, -0.1) is 0 Å². The Bertz CT molecular complexity index is 1330. The van der Waals surface area contributed by atoms with Crippen molar-refractivity contribution in [2.45, 2.75) is 50.6 Å². The van der Waals surface area contributed by atoms with Crippen molar-refractivity contribution < 1.29 is 22.4 Å². The predicted molar refractivity (Wildman–Crippen MR) is 150 cm³/mol. The highest BCUT2D eigenvalue weighted by atomic mass is 32.2. The second-order valence-corrected chi connectivity index (χ2v) is 11.6. The van der Waals surface area contributed by atoms with Crippen LogP contribution in [0.25, 0.3) is 0 Å². The Morgan fingerprint density at radius 2 is 1.56 bits per heavy atom. The van der Waals surface area contributed by atoms with Crippen LogP contribution in [0.4, 0.5) is 4.39 Å². The summed E-state index contributed by atoms with van der Waals surface area (Å²) in [5.74, 6) is -1.28. The first-order valence-corrected chi connectivity index (χ1v) is 14.4. The van der Waals surface area contributed by atoms with Crippen molar-refractivity contribution in [3.8, 4) is 0 Å². The minimum atomic E-state index is -3.95. The van der Waals surface area contributed by atoms with E-state index in [-0.39, 0.29) is 23.8 Å². The number of rotatable bonds is 13. The summed E-state index contributed by atoms with van der Waals surface area (Å²) in [5, 5.41) is 2.92. The van der Waals surface area contributed by atoms with Crippen molar-refractivity contribution in [1.82, 2.24) is 14.5 Å². The quantitative estimate of drug-likeness (QED) is 0.320. The summed E-state index contributed by atoms with van der Waals surface area (Å²) in [6.45, 7) is 3.87. The third kappa shape index (κ3) is 8.46. The lowest BCUT2D eigenvalue weighted by Gasteiger charge is -2.32. The third-order valence-electron chi connectivity index (χ3n) is 6.45. The van der Waals surface area contributed by atoms with Crippen LogP contribution in [0.5, 0.6) is 0 Å². The van der Waals surface area contributed by atoms with Gasteiger partial charge in [-0.1, -0.05) is 73.5 Å². The van der Waals surface area contributed by atoms with E-state index in [1.54, 1.807) is 24.3 Å². The van der Waals surface area contributed by atoms with Gasteiger partial charge in [0.1, 0.15) is 11.9 Å². The van der Waals surface area contributed by atoms with Crippen LogP contribution in [-0.2, 0) is 32.6 Å². The van der Waals surface area contributed by atoms with E-state index in [1.165, 1.54) is 36.2 Å². The summed E-state index contributed by atoms with van der Waals surface area (Å²) in [5.41, 5.74) is 2.38. The summed E-state index contributed by atoms with van der Waals surface area (Å²) in [7, 11) is -2.61. The number of nitrogens with one attached hydrogen (secondary N) is 1.